The zero-order valence-corrected chi connectivity index (χ0v) is 9.73. The Balaban J connectivity index is 2.44. The number of methoxy groups -OCH3 is 1. The van der Waals surface area contributed by atoms with E-state index in [4.69, 9.17) is 4.74 Å². The molecule has 0 atom stereocenters. The smallest absolute Gasteiger partial charge is 0.251 e. The summed E-state index contributed by atoms with van der Waals surface area (Å²) in [6, 6.07) is 5.00. The molecule has 5 heteroatoms. The lowest BCUT2D eigenvalue weighted by molar-refractivity contribution is 0.413. The van der Waals surface area contributed by atoms with E-state index in [1.807, 2.05) is 6.92 Å². The third-order valence-electron chi connectivity index (χ3n) is 2.36. The van der Waals surface area contributed by atoms with Gasteiger partial charge >= 0.3 is 0 Å². The van der Waals surface area contributed by atoms with Crippen LogP contribution in [0.4, 0.5) is 0 Å². The van der Waals surface area contributed by atoms with Gasteiger partial charge in [0.25, 0.3) is 5.56 Å². The molecule has 0 aliphatic carbocycles. The maximum atomic E-state index is 11.4. The highest BCUT2D eigenvalue weighted by molar-refractivity contribution is 5.53. The number of hydrogen-bond acceptors (Lipinski definition) is 4. The molecule has 0 aromatic carbocycles. The van der Waals surface area contributed by atoms with E-state index >= 15 is 0 Å². The number of H-pyrrole nitrogens is 1. The second-order valence-electron chi connectivity index (χ2n) is 3.51. The number of rotatable bonds is 3. The van der Waals surface area contributed by atoms with Crippen molar-refractivity contribution in [3.05, 3.63) is 40.6 Å². The van der Waals surface area contributed by atoms with E-state index in [2.05, 4.69) is 15.0 Å². The molecule has 0 fully saturated rings. The quantitative estimate of drug-likeness (QED) is 0.867. The van der Waals surface area contributed by atoms with E-state index < -0.39 is 0 Å². The zero-order valence-electron chi connectivity index (χ0n) is 9.73. The van der Waals surface area contributed by atoms with Gasteiger partial charge in [0.05, 0.1) is 24.7 Å². The van der Waals surface area contributed by atoms with Crippen LogP contribution >= 0.6 is 0 Å². The van der Waals surface area contributed by atoms with E-state index in [9.17, 15) is 4.79 Å². The van der Waals surface area contributed by atoms with Crippen LogP contribution in [0, 0.1) is 0 Å². The van der Waals surface area contributed by atoms with Gasteiger partial charge in [0.1, 0.15) is 11.6 Å². The number of aromatic nitrogens is 3. The van der Waals surface area contributed by atoms with Gasteiger partial charge < -0.3 is 9.72 Å². The Bertz CT molecular complexity index is 561. The minimum absolute atomic E-state index is 0.163. The molecule has 2 aromatic heterocycles. The summed E-state index contributed by atoms with van der Waals surface area (Å²) in [4.78, 5) is 22.6. The Morgan fingerprint density at radius 3 is 2.76 bits per heavy atom. The van der Waals surface area contributed by atoms with Gasteiger partial charge in [-0.2, -0.15) is 0 Å². The first-order valence-corrected chi connectivity index (χ1v) is 5.33. The predicted octanol–water partition coefficient (Wildman–Crippen LogP) is 1.40. The molecule has 0 amide bonds. The van der Waals surface area contributed by atoms with Crippen LogP contribution in [0.25, 0.3) is 11.4 Å². The zero-order chi connectivity index (χ0) is 12.3. The molecule has 0 unspecified atom stereocenters. The molecule has 2 heterocycles. The highest BCUT2D eigenvalue weighted by Crippen LogP contribution is 2.16. The number of pyridine rings is 1. The summed E-state index contributed by atoms with van der Waals surface area (Å²) in [6.07, 6.45) is 2.28. The molecule has 0 aliphatic rings. The molecule has 0 saturated carbocycles. The Morgan fingerprint density at radius 2 is 2.18 bits per heavy atom. The summed E-state index contributed by atoms with van der Waals surface area (Å²) in [6.45, 7) is 1.93. The predicted molar refractivity (Wildman–Crippen MR) is 64.0 cm³/mol. The van der Waals surface area contributed by atoms with Crippen LogP contribution in [0.2, 0.25) is 0 Å². The number of hydrogen-bond donors (Lipinski definition) is 1. The van der Waals surface area contributed by atoms with Gasteiger partial charge in [0.2, 0.25) is 0 Å². The standard InChI is InChI=1S/C12H13N3O2/c1-3-11-14-10(6-12(16)15-11)9-5-4-8(17-2)7-13-9/h4-7H,3H2,1-2H3,(H,14,15,16). The molecule has 0 bridgehead atoms. The average Bonchev–Trinajstić information content (AvgIpc) is 2.38. The highest BCUT2D eigenvalue weighted by Gasteiger charge is 2.04. The van der Waals surface area contributed by atoms with Crippen LogP contribution in [0.3, 0.4) is 0 Å². The van der Waals surface area contributed by atoms with E-state index in [0.717, 1.165) is 0 Å². The normalized spacial score (nSPS) is 10.2. The number of aryl methyl sites for hydroxylation is 1. The Hall–Kier alpha value is -2.17. The summed E-state index contributed by atoms with van der Waals surface area (Å²) < 4.78 is 5.02. The van der Waals surface area contributed by atoms with E-state index in [1.54, 1.807) is 25.4 Å². The highest BCUT2D eigenvalue weighted by atomic mass is 16.5. The van der Waals surface area contributed by atoms with Crippen molar-refractivity contribution in [1.82, 2.24) is 15.0 Å². The lowest BCUT2D eigenvalue weighted by atomic mass is 10.2. The van der Waals surface area contributed by atoms with Crippen molar-refractivity contribution in [2.45, 2.75) is 13.3 Å². The molecule has 17 heavy (non-hydrogen) atoms. The molecule has 0 saturated heterocycles. The molecular weight excluding hydrogens is 218 g/mol. The molecular formula is C12H13N3O2. The fourth-order valence-electron chi connectivity index (χ4n) is 1.46. The van der Waals surface area contributed by atoms with Crippen LogP contribution < -0.4 is 10.3 Å². The van der Waals surface area contributed by atoms with Gasteiger partial charge in [-0.3, -0.25) is 9.78 Å². The van der Waals surface area contributed by atoms with Crippen molar-refractivity contribution in [3.8, 4) is 17.1 Å². The minimum atomic E-state index is -0.163. The number of ether oxygens (including phenoxy) is 1. The number of nitrogens with zero attached hydrogens (tertiary/aromatic N) is 2. The van der Waals surface area contributed by atoms with Gasteiger partial charge in [0.15, 0.2) is 0 Å². The van der Waals surface area contributed by atoms with Crippen LogP contribution in [0.1, 0.15) is 12.7 Å². The van der Waals surface area contributed by atoms with Crippen molar-refractivity contribution in [3.63, 3.8) is 0 Å². The van der Waals surface area contributed by atoms with Gasteiger partial charge in [-0.15, -0.1) is 0 Å². The van der Waals surface area contributed by atoms with Gasteiger partial charge in [-0.1, -0.05) is 6.92 Å². The van der Waals surface area contributed by atoms with Gasteiger partial charge in [-0.25, -0.2) is 4.98 Å². The maximum Gasteiger partial charge on any atom is 0.251 e. The average molecular weight is 231 g/mol. The SMILES string of the molecule is CCc1nc(-c2ccc(OC)cn2)cc(=O)[nH]1. The molecule has 88 valence electrons. The summed E-state index contributed by atoms with van der Waals surface area (Å²) >= 11 is 0. The Morgan fingerprint density at radius 1 is 1.35 bits per heavy atom. The summed E-state index contributed by atoms with van der Waals surface area (Å²) in [5.41, 5.74) is 1.07. The number of aromatic amines is 1. The van der Waals surface area contributed by atoms with E-state index in [-0.39, 0.29) is 5.56 Å². The molecule has 2 rings (SSSR count). The first kappa shape index (κ1) is 11.3. The summed E-state index contributed by atoms with van der Waals surface area (Å²) in [7, 11) is 1.58. The van der Waals surface area contributed by atoms with Crippen LogP contribution in [0.5, 0.6) is 5.75 Å². The molecule has 1 N–H and O–H groups in total. The second-order valence-corrected chi connectivity index (χ2v) is 3.51. The third kappa shape index (κ3) is 2.50. The van der Waals surface area contributed by atoms with Gasteiger partial charge in [0, 0.05) is 12.5 Å². The fraction of sp³-hybridized carbons (Fsp3) is 0.250. The topological polar surface area (TPSA) is 67.9 Å². The molecule has 2 aromatic rings. The third-order valence-corrected chi connectivity index (χ3v) is 2.36. The molecule has 0 spiro atoms. The lowest BCUT2D eigenvalue weighted by Gasteiger charge is -2.03. The van der Waals surface area contributed by atoms with Gasteiger partial charge in [-0.05, 0) is 12.1 Å². The largest absolute Gasteiger partial charge is 0.495 e. The molecule has 5 nitrogen and oxygen atoms in total. The fourth-order valence-corrected chi connectivity index (χ4v) is 1.46. The van der Waals surface area contributed by atoms with Crippen molar-refractivity contribution in [2.75, 3.05) is 7.11 Å². The first-order chi connectivity index (χ1) is 8.22. The summed E-state index contributed by atoms with van der Waals surface area (Å²) in [5.74, 6) is 1.33. The van der Waals surface area contributed by atoms with Crippen molar-refractivity contribution in [1.29, 1.82) is 0 Å². The second kappa shape index (κ2) is 4.78. The molecule has 0 radical (unpaired) electrons. The monoisotopic (exact) mass is 231 g/mol. The number of nitrogens with one attached hydrogen (secondary N) is 1. The van der Waals surface area contributed by atoms with Crippen molar-refractivity contribution >= 4 is 0 Å². The van der Waals surface area contributed by atoms with Crippen LogP contribution in [-0.4, -0.2) is 22.1 Å². The molecule has 0 aliphatic heterocycles. The first-order valence-electron chi connectivity index (χ1n) is 5.33. The van der Waals surface area contributed by atoms with E-state index in [0.29, 0.717) is 29.4 Å². The van der Waals surface area contributed by atoms with Crippen LogP contribution in [-0.2, 0) is 6.42 Å². The Kier molecular flexibility index (Phi) is 3.18. The minimum Gasteiger partial charge on any atom is -0.495 e. The summed E-state index contributed by atoms with van der Waals surface area (Å²) in [5, 5.41) is 0. The van der Waals surface area contributed by atoms with E-state index in [1.165, 1.54) is 6.07 Å². The maximum absolute atomic E-state index is 11.4. The lowest BCUT2D eigenvalue weighted by Crippen LogP contribution is -2.10. The Labute approximate surface area is 98.5 Å². The van der Waals surface area contributed by atoms with Crippen LogP contribution in [0.15, 0.2) is 29.2 Å². The van der Waals surface area contributed by atoms with Crippen molar-refractivity contribution < 1.29 is 4.74 Å². The van der Waals surface area contributed by atoms with Crippen molar-refractivity contribution in [2.24, 2.45) is 0 Å².